The number of nitrogens with zero attached hydrogens (tertiary/aromatic N) is 6. The number of carbonyl (C=O) groups is 1. The molecule has 4 aromatic rings. The molecule has 5 rings (SSSR count). The third-order valence-electron chi connectivity index (χ3n) is 5.39. The number of benzene rings is 2. The monoisotopic (exact) mass is 571 g/mol. The molecule has 0 bridgehead atoms. The topological polar surface area (TPSA) is 110 Å². The molecular weight excluding hydrogens is 520 g/mol. The average molecular weight is 572 g/mol. The number of rotatable bonds is 10. The molecule has 1 amide bonds. The summed E-state index contributed by atoms with van der Waals surface area (Å²) >= 11 is 0. The fraction of sp³-hybridized carbons (Fsp3) is 0.267. The second-order valence-corrected chi connectivity index (χ2v) is 8.17. The van der Waals surface area contributed by atoms with Gasteiger partial charge in [0.1, 0.15) is 5.75 Å². The fourth-order valence-corrected chi connectivity index (χ4v) is 3.66. The number of carbonyl (C=O) groups excluding carboxylic acids is 1. The first-order chi connectivity index (χ1) is 26.5. The normalized spacial score (nSPS) is 25.2. The van der Waals surface area contributed by atoms with Crippen LogP contribution in [0, 0.1) is 0 Å². The van der Waals surface area contributed by atoms with Crippen molar-refractivity contribution in [2.45, 2.75) is 6.50 Å². The maximum absolute atomic E-state index is 12.6. The molecule has 2 aromatic heterocycles. The molecule has 0 atom stereocenters. The van der Waals surface area contributed by atoms with Gasteiger partial charge in [-0.3, -0.25) is 4.79 Å². The van der Waals surface area contributed by atoms with Crippen LogP contribution < -0.4 is 20.3 Å². The summed E-state index contributed by atoms with van der Waals surface area (Å²) in [7, 11) is -2.23. The molecule has 0 unspecified atom stereocenters. The number of ether oxygens (including phenoxy) is 2. The highest BCUT2D eigenvalue weighted by Gasteiger charge is 2.20. The molecule has 1 fully saturated rings. The molecule has 1 aliphatic rings. The Balaban J connectivity index is 1.71. The predicted octanol–water partition coefficient (Wildman–Crippen LogP) is 4.10. The van der Waals surface area contributed by atoms with E-state index in [1.54, 1.807) is 30.3 Å². The van der Waals surface area contributed by atoms with E-state index in [1.807, 2.05) is 0 Å². The second-order valence-electron chi connectivity index (χ2n) is 8.17. The molecule has 1 aliphatic heterocycles. The van der Waals surface area contributed by atoms with Crippen LogP contribution in [-0.4, -0.2) is 77.7 Å². The Bertz CT molecular complexity index is 2190. The van der Waals surface area contributed by atoms with Crippen molar-refractivity contribution in [1.29, 1.82) is 0 Å². The lowest BCUT2D eigenvalue weighted by Crippen LogP contribution is -2.36. The minimum atomic E-state index is -3.54. The van der Waals surface area contributed by atoms with Gasteiger partial charge in [-0.1, -0.05) is 36.9 Å². The highest BCUT2D eigenvalue weighted by atomic mass is 16.5. The van der Waals surface area contributed by atoms with E-state index in [0.29, 0.717) is 16.5 Å². The van der Waals surface area contributed by atoms with Crippen LogP contribution in [0.15, 0.2) is 73.6 Å². The summed E-state index contributed by atoms with van der Waals surface area (Å²) in [5.74, 6) is -2.25. The van der Waals surface area contributed by atoms with E-state index >= 15 is 0 Å². The minimum Gasteiger partial charge on any atom is -0.494 e. The second kappa shape index (κ2) is 12.6. The summed E-state index contributed by atoms with van der Waals surface area (Å²) in [5.41, 5.74) is -1.91. The molecule has 212 valence electrons. The maximum Gasteiger partial charge on any atom is 0.247 e. The van der Waals surface area contributed by atoms with Crippen LogP contribution in [0.5, 0.6) is 5.75 Å². The summed E-state index contributed by atoms with van der Waals surface area (Å²) in [6.07, 6.45) is 1.33. The lowest BCUT2D eigenvalue weighted by atomic mass is 10.1. The molecule has 0 saturated carbocycles. The third-order valence-corrected chi connectivity index (χ3v) is 5.39. The van der Waals surface area contributed by atoms with Gasteiger partial charge in [-0.25, -0.2) is 9.67 Å². The first-order valence-corrected chi connectivity index (χ1v) is 11.8. The van der Waals surface area contributed by atoms with Crippen molar-refractivity contribution in [1.82, 2.24) is 24.6 Å². The van der Waals surface area contributed by atoms with Gasteiger partial charge in [-0.05, 0) is 26.2 Å². The fourth-order valence-electron chi connectivity index (χ4n) is 3.66. The van der Waals surface area contributed by atoms with Gasteiger partial charge < -0.3 is 29.9 Å². The SMILES string of the molecule is [2H]c1c(C([2H])([2H])N(C)C([2H])([2H])[2H])c(-c2ccccc2)nn1-c1ccnc(Nc2cc(NC(=O)C=C)c(N3C([2H])([2H])C([2H])([2H])OC([2H])([2H])C3([2H])[2H])cc2OC([2H])([2H])[2H])n1. The summed E-state index contributed by atoms with van der Waals surface area (Å²) in [5, 5.41) is 9.39. The van der Waals surface area contributed by atoms with E-state index in [-0.39, 0.29) is 28.0 Å². The Labute approximate surface area is 263 Å². The molecule has 41 heavy (non-hydrogen) atoms. The smallest absolute Gasteiger partial charge is 0.247 e. The lowest BCUT2D eigenvalue weighted by molar-refractivity contribution is -0.111. The Morgan fingerprint density at radius 3 is 2.88 bits per heavy atom. The minimum absolute atomic E-state index is 0.00711. The van der Waals surface area contributed by atoms with Crippen molar-refractivity contribution in [3.05, 3.63) is 79.1 Å². The van der Waals surface area contributed by atoms with Gasteiger partial charge in [0.05, 0.1) is 59.4 Å². The quantitative estimate of drug-likeness (QED) is 0.272. The van der Waals surface area contributed by atoms with Gasteiger partial charge in [-0.15, -0.1) is 0 Å². The van der Waals surface area contributed by atoms with Crippen molar-refractivity contribution < 1.29 is 37.6 Å². The van der Waals surface area contributed by atoms with Gasteiger partial charge >= 0.3 is 0 Å². The van der Waals surface area contributed by atoms with Crippen LogP contribution in [0.3, 0.4) is 0 Å². The summed E-state index contributed by atoms with van der Waals surface area (Å²) in [4.78, 5) is 21.5. The van der Waals surface area contributed by atoms with E-state index in [2.05, 4.69) is 37.0 Å². The Morgan fingerprint density at radius 1 is 1.29 bits per heavy atom. The molecule has 0 spiro atoms. The van der Waals surface area contributed by atoms with Gasteiger partial charge in [-0.2, -0.15) is 10.1 Å². The van der Waals surface area contributed by atoms with E-state index in [1.165, 1.54) is 6.07 Å². The van der Waals surface area contributed by atoms with Crippen molar-refractivity contribution in [3.8, 4) is 22.8 Å². The van der Waals surface area contributed by atoms with Gasteiger partial charge in [0.15, 0.2) is 5.82 Å². The number of amides is 1. The molecule has 2 aromatic carbocycles. The zero-order valence-corrected chi connectivity index (χ0v) is 21.4. The molecule has 11 heteroatoms. The Kier molecular flexibility index (Phi) is 4.23. The van der Waals surface area contributed by atoms with Gasteiger partial charge in [0.25, 0.3) is 0 Å². The first-order valence-electron chi connectivity index (χ1n) is 20.3. The summed E-state index contributed by atoms with van der Waals surface area (Å²) < 4.78 is 151. The number of anilines is 4. The molecule has 2 N–H and O–H groups in total. The Morgan fingerprint density at radius 2 is 2.12 bits per heavy atom. The first kappa shape index (κ1) is 13.7. The molecule has 1 saturated heterocycles. The predicted molar refractivity (Wildman–Crippen MR) is 160 cm³/mol. The highest BCUT2D eigenvalue weighted by molar-refractivity contribution is 6.02. The number of nitrogens with one attached hydrogen (secondary N) is 2. The van der Waals surface area contributed by atoms with Crippen molar-refractivity contribution in [2.75, 3.05) is 62.7 Å². The number of hydrogen-bond acceptors (Lipinski definition) is 9. The van der Waals surface area contributed by atoms with Crippen molar-refractivity contribution >= 4 is 28.9 Å². The van der Waals surface area contributed by atoms with E-state index < -0.39 is 81.4 Å². The number of methoxy groups -OCH3 is 1. The number of hydrogen-bond donors (Lipinski definition) is 2. The highest BCUT2D eigenvalue weighted by Crippen LogP contribution is 2.38. The van der Waals surface area contributed by atoms with Gasteiger partial charge in [0, 0.05) is 62.0 Å². The number of aromatic nitrogens is 4. The number of morpholine rings is 1. The Hall–Kier alpha value is -4.74. The molecule has 11 nitrogen and oxygen atoms in total. The zero-order chi connectivity index (χ0) is 43.6. The maximum atomic E-state index is 12.6. The zero-order valence-electron chi connectivity index (χ0n) is 38.4. The lowest BCUT2D eigenvalue weighted by Gasteiger charge is -2.31. The van der Waals surface area contributed by atoms with Crippen LogP contribution in [0.4, 0.5) is 23.0 Å². The van der Waals surface area contributed by atoms with Crippen LogP contribution in [0.25, 0.3) is 17.1 Å². The molecule has 0 radical (unpaired) electrons. The molecule has 0 aliphatic carbocycles. The van der Waals surface area contributed by atoms with E-state index in [0.717, 1.165) is 30.1 Å². The largest absolute Gasteiger partial charge is 0.494 e. The third kappa shape index (κ3) is 6.53. The van der Waals surface area contributed by atoms with Crippen LogP contribution in [0.2, 0.25) is 0 Å². The van der Waals surface area contributed by atoms with Crippen molar-refractivity contribution in [3.63, 3.8) is 0 Å². The van der Waals surface area contributed by atoms with Crippen LogP contribution in [0.1, 0.15) is 28.9 Å². The standard InChI is InChI=1S/C30H34N8O3/c1-5-28(39)32-23-17-24(26(40-4)18-25(23)37-13-15-41-16-14-37)33-30-31-12-11-27(34-30)38-20-22(19-36(2)3)29(35-38)21-9-7-6-8-10-21/h5-12,17-18,20H,1,13-16,19H2,2-4H3,(H,32,39)(H,31,33,34)/i2D3,4D3,13D2,14D2,15D2,16D2,19D2,20D. The van der Waals surface area contributed by atoms with E-state index in [4.69, 9.17) is 28.0 Å². The summed E-state index contributed by atoms with van der Waals surface area (Å²) in [6, 6.07) is 11.0. The average Bonchev–Trinajstić information content (AvgIpc) is 3.45. The van der Waals surface area contributed by atoms with E-state index in [9.17, 15) is 4.79 Å². The van der Waals surface area contributed by atoms with Crippen molar-refractivity contribution in [2.24, 2.45) is 0 Å². The van der Waals surface area contributed by atoms with Crippen LogP contribution in [-0.2, 0) is 16.0 Å². The van der Waals surface area contributed by atoms with Crippen LogP contribution >= 0.6 is 0 Å². The molecule has 3 heterocycles. The molecular formula is C30H34N8O3. The summed E-state index contributed by atoms with van der Waals surface area (Å²) in [6.45, 7) is -16.5. The van der Waals surface area contributed by atoms with Gasteiger partial charge in [0.2, 0.25) is 11.9 Å².